The molecule has 6 N–H and O–H groups in total. The number of aromatic nitrogens is 2. The summed E-state index contributed by atoms with van der Waals surface area (Å²) in [7, 11) is 1.53. The summed E-state index contributed by atoms with van der Waals surface area (Å²) in [5.41, 5.74) is 1.55. The van der Waals surface area contributed by atoms with E-state index in [1.54, 1.807) is 13.0 Å². The number of nitrogens with two attached hydrogens (primary N) is 1. The van der Waals surface area contributed by atoms with Crippen molar-refractivity contribution in [2.75, 3.05) is 31.1 Å². The van der Waals surface area contributed by atoms with Gasteiger partial charge in [-0.05, 0) is 6.92 Å². The lowest BCUT2D eigenvalue weighted by Gasteiger charge is -2.27. The van der Waals surface area contributed by atoms with Gasteiger partial charge in [-0.15, -0.1) is 0 Å². The first-order valence-corrected chi connectivity index (χ1v) is 5.40. The number of rotatable bonds is 7. The number of hydrogen-bond donors (Lipinski definition) is 5. The molecule has 0 aliphatic carbocycles. The summed E-state index contributed by atoms with van der Waals surface area (Å²) >= 11 is 0. The highest BCUT2D eigenvalue weighted by Gasteiger charge is 2.22. The number of anilines is 2. The quantitative estimate of drug-likeness (QED) is 0.313. The summed E-state index contributed by atoms with van der Waals surface area (Å²) in [5, 5.41) is 21.4. The number of nitrogens with one attached hydrogen (secondary N) is 2. The second-order valence-corrected chi connectivity index (χ2v) is 4.13. The number of ether oxygens (including phenoxy) is 1. The molecule has 0 amide bonds. The lowest BCUT2D eigenvalue weighted by atomic mass is 10.1. The third kappa shape index (κ3) is 3.77. The van der Waals surface area contributed by atoms with Crippen molar-refractivity contribution in [2.24, 2.45) is 5.84 Å². The minimum Gasteiger partial charge on any atom is -0.394 e. The minimum absolute atomic E-state index is 0.235. The standard InChI is InChI=1S/C10H19N5O3/c1-10(5-16,6-17)14-7-3-8(15-11)13-9(12-7)4-18-2/h3,16-17H,4-6,11H2,1-2H3,(H2,12,13,14,15). The van der Waals surface area contributed by atoms with Gasteiger partial charge in [-0.3, -0.25) is 0 Å². The Morgan fingerprint density at radius 3 is 2.44 bits per heavy atom. The van der Waals surface area contributed by atoms with Crippen LogP contribution in [0.1, 0.15) is 12.7 Å². The van der Waals surface area contributed by atoms with Crippen molar-refractivity contribution in [3.05, 3.63) is 11.9 Å². The van der Waals surface area contributed by atoms with Crippen LogP contribution in [0.3, 0.4) is 0 Å². The smallest absolute Gasteiger partial charge is 0.158 e. The van der Waals surface area contributed by atoms with Crippen LogP contribution in [0.4, 0.5) is 11.6 Å². The predicted octanol–water partition coefficient (Wildman–Crippen LogP) is -0.936. The van der Waals surface area contributed by atoms with Gasteiger partial charge in [-0.2, -0.15) is 0 Å². The molecular weight excluding hydrogens is 238 g/mol. The molecule has 1 aromatic heterocycles. The average Bonchev–Trinajstić information content (AvgIpc) is 2.38. The van der Waals surface area contributed by atoms with E-state index < -0.39 is 5.54 Å². The molecule has 18 heavy (non-hydrogen) atoms. The first-order valence-electron chi connectivity index (χ1n) is 5.40. The number of hydrogen-bond acceptors (Lipinski definition) is 8. The summed E-state index contributed by atoms with van der Waals surface area (Å²) < 4.78 is 4.95. The highest BCUT2D eigenvalue weighted by Crippen LogP contribution is 2.16. The highest BCUT2D eigenvalue weighted by atomic mass is 16.5. The Morgan fingerprint density at radius 2 is 1.94 bits per heavy atom. The van der Waals surface area contributed by atoms with Gasteiger partial charge in [0.05, 0.1) is 18.8 Å². The summed E-state index contributed by atoms with van der Waals surface area (Å²) in [6.07, 6.45) is 0. The fraction of sp³-hybridized carbons (Fsp3) is 0.600. The monoisotopic (exact) mass is 257 g/mol. The van der Waals surface area contributed by atoms with Crippen LogP contribution in [0.2, 0.25) is 0 Å². The topological polar surface area (TPSA) is 126 Å². The highest BCUT2D eigenvalue weighted by molar-refractivity contribution is 5.48. The molecule has 0 saturated carbocycles. The van der Waals surface area contributed by atoms with Crippen LogP contribution in [0.25, 0.3) is 0 Å². The van der Waals surface area contributed by atoms with E-state index in [4.69, 9.17) is 10.6 Å². The van der Waals surface area contributed by atoms with Crippen LogP contribution >= 0.6 is 0 Å². The SMILES string of the molecule is COCc1nc(NN)cc(NC(C)(CO)CO)n1. The molecule has 0 fully saturated rings. The fourth-order valence-corrected chi connectivity index (χ4v) is 1.27. The Hall–Kier alpha value is -1.48. The van der Waals surface area contributed by atoms with Gasteiger partial charge in [0.15, 0.2) is 5.82 Å². The van der Waals surface area contributed by atoms with Crippen LogP contribution in [0, 0.1) is 0 Å². The van der Waals surface area contributed by atoms with Gasteiger partial charge < -0.3 is 25.7 Å². The van der Waals surface area contributed by atoms with Crippen LogP contribution in [-0.4, -0.2) is 46.0 Å². The van der Waals surface area contributed by atoms with Crippen LogP contribution < -0.4 is 16.6 Å². The molecule has 1 rings (SSSR count). The summed E-state index contributed by atoms with van der Waals surface area (Å²) in [4.78, 5) is 8.27. The summed E-state index contributed by atoms with van der Waals surface area (Å²) in [5.74, 6) is 6.60. The largest absolute Gasteiger partial charge is 0.394 e. The Kier molecular flexibility index (Phi) is 5.23. The van der Waals surface area contributed by atoms with Gasteiger partial charge in [-0.25, -0.2) is 15.8 Å². The molecule has 8 heteroatoms. The van der Waals surface area contributed by atoms with Crippen LogP contribution in [0.15, 0.2) is 6.07 Å². The first-order chi connectivity index (χ1) is 8.56. The number of aliphatic hydroxyl groups excluding tert-OH is 2. The Bertz CT molecular complexity index is 384. The maximum Gasteiger partial charge on any atom is 0.158 e. The van der Waals surface area contributed by atoms with E-state index in [0.29, 0.717) is 17.5 Å². The molecule has 0 aliphatic rings. The first kappa shape index (κ1) is 14.6. The summed E-state index contributed by atoms with van der Waals surface area (Å²) in [6.45, 7) is 1.43. The number of nitrogen functional groups attached to an aromatic ring is 1. The zero-order chi connectivity index (χ0) is 13.6. The van der Waals surface area contributed by atoms with E-state index in [-0.39, 0.29) is 19.8 Å². The average molecular weight is 257 g/mol. The Morgan fingerprint density at radius 1 is 1.33 bits per heavy atom. The predicted molar refractivity (Wildman–Crippen MR) is 66.8 cm³/mol. The van der Waals surface area contributed by atoms with Crippen molar-refractivity contribution in [3.63, 3.8) is 0 Å². The molecule has 0 radical (unpaired) electrons. The lowest BCUT2D eigenvalue weighted by molar-refractivity contribution is 0.147. The zero-order valence-corrected chi connectivity index (χ0v) is 10.5. The molecule has 0 aliphatic heterocycles. The molecule has 0 saturated heterocycles. The molecule has 102 valence electrons. The van der Waals surface area contributed by atoms with Gasteiger partial charge in [0.2, 0.25) is 0 Å². The molecule has 0 bridgehead atoms. The van der Waals surface area contributed by atoms with Crippen molar-refractivity contribution in [1.29, 1.82) is 0 Å². The molecule has 1 heterocycles. The van der Waals surface area contributed by atoms with Crippen molar-refractivity contribution in [1.82, 2.24) is 9.97 Å². The molecule has 0 spiro atoms. The normalized spacial score (nSPS) is 11.4. The van der Waals surface area contributed by atoms with E-state index >= 15 is 0 Å². The fourth-order valence-electron chi connectivity index (χ4n) is 1.27. The lowest BCUT2D eigenvalue weighted by Crippen LogP contribution is -2.42. The van der Waals surface area contributed by atoms with Crippen molar-refractivity contribution < 1.29 is 14.9 Å². The molecular formula is C10H19N5O3. The number of nitrogens with zero attached hydrogens (tertiary/aromatic N) is 2. The van der Waals surface area contributed by atoms with E-state index in [1.807, 2.05) is 0 Å². The maximum atomic E-state index is 9.21. The molecule has 0 aromatic carbocycles. The van der Waals surface area contributed by atoms with Crippen molar-refractivity contribution in [3.8, 4) is 0 Å². The van der Waals surface area contributed by atoms with Gasteiger partial charge in [-0.1, -0.05) is 0 Å². The molecule has 0 atom stereocenters. The Labute approximate surface area is 105 Å². The number of hydrazine groups is 1. The van der Waals surface area contributed by atoms with Crippen LogP contribution in [0.5, 0.6) is 0 Å². The zero-order valence-electron chi connectivity index (χ0n) is 10.5. The molecule has 8 nitrogen and oxygen atoms in total. The van der Waals surface area contributed by atoms with Crippen molar-refractivity contribution >= 4 is 11.6 Å². The number of methoxy groups -OCH3 is 1. The minimum atomic E-state index is -0.870. The molecule has 1 aromatic rings. The second kappa shape index (κ2) is 6.45. The third-order valence-electron chi connectivity index (χ3n) is 2.32. The van der Waals surface area contributed by atoms with Crippen LogP contribution in [-0.2, 0) is 11.3 Å². The molecule has 0 unspecified atom stereocenters. The third-order valence-corrected chi connectivity index (χ3v) is 2.32. The number of aliphatic hydroxyl groups is 2. The van der Waals surface area contributed by atoms with Gasteiger partial charge in [0.1, 0.15) is 18.2 Å². The maximum absolute atomic E-state index is 9.21. The summed E-state index contributed by atoms with van der Waals surface area (Å²) in [6, 6.07) is 1.57. The van der Waals surface area contributed by atoms with Crippen molar-refractivity contribution in [2.45, 2.75) is 19.1 Å². The Balaban J connectivity index is 2.96. The van der Waals surface area contributed by atoms with E-state index in [2.05, 4.69) is 20.7 Å². The van der Waals surface area contributed by atoms with Gasteiger partial charge in [0, 0.05) is 13.2 Å². The van der Waals surface area contributed by atoms with E-state index in [9.17, 15) is 10.2 Å². The second-order valence-electron chi connectivity index (χ2n) is 4.13. The van der Waals surface area contributed by atoms with Gasteiger partial charge >= 0.3 is 0 Å². The van der Waals surface area contributed by atoms with E-state index in [1.165, 1.54) is 7.11 Å². The van der Waals surface area contributed by atoms with E-state index in [0.717, 1.165) is 0 Å². The van der Waals surface area contributed by atoms with Gasteiger partial charge in [0.25, 0.3) is 0 Å².